The van der Waals surface area contributed by atoms with Crippen molar-refractivity contribution in [3.05, 3.63) is 35.4 Å². The molecule has 0 bridgehead atoms. The van der Waals surface area contributed by atoms with Gasteiger partial charge in [-0.2, -0.15) is 0 Å². The molecule has 1 aliphatic carbocycles. The van der Waals surface area contributed by atoms with E-state index in [1.54, 1.807) is 0 Å². The fourth-order valence-corrected chi connectivity index (χ4v) is 4.50. The molecule has 2 aliphatic heterocycles. The van der Waals surface area contributed by atoms with E-state index in [0.29, 0.717) is 26.0 Å². The molecular weight excluding hydrogens is 368 g/mol. The Kier molecular flexibility index (Phi) is 5.61. The van der Waals surface area contributed by atoms with E-state index in [0.717, 1.165) is 43.5 Å². The Hall–Kier alpha value is -2.37. The molecule has 4 rings (SSSR count). The summed E-state index contributed by atoms with van der Waals surface area (Å²) in [5.74, 6) is 0.148. The van der Waals surface area contributed by atoms with Crippen molar-refractivity contribution in [1.29, 1.82) is 0 Å². The topological polar surface area (TPSA) is 68.2 Å². The summed E-state index contributed by atoms with van der Waals surface area (Å²) in [4.78, 5) is 33.3. The highest BCUT2D eigenvalue weighted by molar-refractivity contribution is 6.01. The average Bonchev–Trinajstić information content (AvgIpc) is 3.48. The molecular formula is C23H30N2O4. The molecule has 156 valence electrons. The van der Waals surface area contributed by atoms with Crippen LogP contribution in [0.2, 0.25) is 0 Å². The van der Waals surface area contributed by atoms with Gasteiger partial charge in [0.1, 0.15) is 6.10 Å². The lowest BCUT2D eigenvalue weighted by Crippen LogP contribution is -2.52. The van der Waals surface area contributed by atoms with Crippen LogP contribution >= 0.6 is 0 Å². The third-order valence-electron chi connectivity index (χ3n) is 6.26. The number of oxime groups is 1. The van der Waals surface area contributed by atoms with Crippen molar-refractivity contribution in [2.24, 2.45) is 16.5 Å². The fourth-order valence-electron chi connectivity index (χ4n) is 4.50. The number of esters is 1. The lowest BCUT2D eigenvalue weighted by Gasteiger charge is -2.41. The van der Waals surface area contributed by atoms with Gasteiger partial charge in [0.2, 0.25) is 5.91 Å². The molecule has 2 heterocycles. The summed E-state index contributed by atoms with van der Waals surface area (Å²) in [6.45, 7) is 5.38. The number of rotatable bonds is 6. The molecule has 3 aliphatic rings. The second-order valence-electron chi connectivity index (χ2n) is 8.68. The maximum absolute atomic E-state index is 13.0. The summed E-state index contributed by atoms with van der Waals surface area (Å²) < 4.78 is 5.45. The van der Waals surface area contributed by atoms with E-state index in [1.807, 2.05) is 11.8 Å². The second kappa shape index (κ2) is 8.17. The number of ether oxygens (including phenoxy) is 1. The highest BCUT2D eigenvalue weighted by Crippen LogP contribution is 2.41. The van der Waals surface area contributed by atoms with E-state index in [1.165, 1.54) is 5.56 Å². The van der Waals surface area contributed by atoms with Gasteiger partial charge in [0.05, 0.1) is 17.7 Å². The van der Waals surface area contributed by atoms with Gasteiger partial charge in [-0.15, -0.1) is 0 Å². The van der Waals surface area contributed by atoms with Crippen LogP contribution in [0.25, 0.3) is 0 Å². The molecule has 2 atom stereocenters. The molecule has 1 saturated carbocycles. The van der Waals surface area contributed by atoms with Gasteiger partial charge >= 0.3 is 5.97 Å². The molecule has 2 unspecified atom stereocenters. The number of likely N-dealkylation sites (tertiary alicyclic amines) is 1. The van der Waals surface area contributed by atoms with Crippen LogP contribution in [0, 0.1) is 18.3 Å². The van der Waals surface area contributed by atoms with Crippen LogP contribution in [0.4, 0.5) is 0 Å². The van der Waals surface area contributed by atoms with E-state index in [4.69, 9.17) is 9.57 Å². The van der Waals surface area contributed by atoms with Gasteiger partial charge in [-0.3, -0.25) is 9.59 Å². The highest BCUT2D eigenvalue weighted by atomic mass is 16.6. The minimum Gasteiger partial charge on any atom is -0.466 e. The Bertz CT molecular complexity index is 800. The molecule has 1 saturated heterocycles. The van der Waals surface area contributed by atoms with Crippen molar-refractivity contribution in [3.8, 4) is 0 Å². The zero-order valence-electron chi connectivity index (χ0n) is 17.4. The minimum atomic E-state index is -0.707. The van der Waals surface area contributed by atoms with Crippen LogP contribution in [-0.4, -0.2) is 48.3 Å². The van der Waals surface area contributed by atoms with Gasteiger partial charge in [0, 0.05) is 31.8 Å². The number of aryl methyl sites for hydroxylation is 1. The molecule has 0 radical (unpaired) electrons. The van der Waals surface area contributed by atoms with Crippen molar-refractivity contribution in [2.75, 3.05) is 19.7 Å². The Morgan fingerprint density at radius 1 is 1.28 bits per heavy atom. The summed E-state index contributed by atoms with van der Waals surface area (Å²) >= 11 is 0. The van der Waals surface area contributed by atoms with E-state index in [2.05, 4.69) is 36.3 Å². The first kappa shape index (κ1) is 19.9. The van der Waals surface area contributed by atoms with Crippen LogP contribution in [0.1, 0.15) is 56.6 Å². The third kappa shape index (κ3) is 4.31. The molecule has 0 aromatic heterocycles. The van der Waals surface area contributed by atoms with Gasteiger partial charge in [-0.25, -0.2) is 0 Å². The van der Waals surface area contributed by atoms with E-state index in [-0.39, 0.29) is 23.9 Å². The van der Waals surface area contributed by atoms with Gasteiger partial charge in [-0.05, 0) is 45.1 Å². The van der Waals surface area contributed by atoms with E-state index < -0.39 is 5.41 Å². The first-order valence-corrected chi connectivity index (χ1v) is 10.8. The van der Waals surface area contributed by atoms with Crippen molar-refractivity contribution in [1.82, 2.24) is 4.90 Å². The second-order valence-corrected chi connectivity index (χ2v) is 8.68. The molecule has 1 aromatic carbocycles. The Morgan fingerprint density at radius 2 is 2.03 bits per heavy atom. The van der Waals surface area contributed by atoms with Crippen molar-refractivity contribution in [3.63, 3.8) is 0 Å². The van der Waals surface area contributed by atoms with Gasteiger partial charge in [0.15, 0.2) is 0 Å². The molecule has 2 fully saturated rings. The molecule has 6 heteroatoms. The van der Waals surface area contributed by atoms with Crippen molar-refractivity contribution >= 4 is 17.6 Å². The number of nitrogens with zero attached hydrogens (tertiary/aromatic N) is 2. The number of piperidine rings is 1. The van der Waals surface area contributed by atoms with Crippen molar-refractivity contribution < 1.29 is 19.2 Å². The summed E-state index contributed by atoms with van der Waals surface area (Å²) in [6.07, 6.45) is 4.50. The molecule has 1 aromatic rings. The first-order valence-electron chi connectivity index (χ1n) is 10.8. The Balaban J connectivity index is 1.47. The lowest BCUT2D eigenvalue weighted by atomic mass is 9.74. The monoisotopic (exact) mass is 398 g/mol. The van der Waals surface area contributed by atoms with Crippen LogP contribution in [-0.2, 0) is 19.2 Å². The van der Waals surface area contributed by atoms with Crippen LogP contribution in [0.5, 0.6) is 0 Å². The zero-order valence-corrected chi connectivity index (χ0v) is 17.4. The van der Waals surface area contributed by atoms with Crippen molar-refractivity contribution in [2.45, 2.75) is 58.5 Å². The molecule has 6 nitrogen and oxygen atoms in total. The summed E-state index contributed by atoms with van der Waals surface area (Å²) in [6, 6.07) is 8.23. The largest absolute Gasteiger partial charge is 0.466 e. The number of amides is 1. The van der Waals surface area contributed by atoms with E-state index in [9.17, 15) is 9.59 Å². The average molecular weight is 399 g/mol. The summed E-state index contributed by atoms with van der Waals surface area (Å²) in [7, 11) is 0. The van der Waals surface area contributed by atoms with Gasteiger partial charge < -0.3 is 14.5 Å². The summed E-state index contributed by atoms with van der Waals surface area (Å²) in [5.41, 5.74) is 2.46. The van der Waals surface area contributed by atoms with Gasteiger partial charge in [-0.1, -0.05) is 35.0 Å². The number of carbonyl (C=O) groups excluding carboxylic acids is 2. The molecule has 1 amide bonds. The fraction of sp³-hybridized carbons (Fsp3) is 0.609. The molecule has 29 heavy (non-hydrogen) atoms. The predicted octanol–water partition coefficient (Wildman–Crippen LogP) is 3.46. The number of hydrogen-bond acceptors (Lipinski definition) is 5. The quantitative estimate of drug-likeness (QED) is 0.688. The number of carbonyl (C=O) groups is 2. The zero-order chi connectivity index (χ0) is 20.4. The van der Waals surface area contributed by atoms with Crippen LogP contribution in [0.3, 0.4) is 0 Å². The standard InChI is InChI=1S/C23H30N2O4/c1-3-28-22(27)23(11-4-12-25(15-23)21(26)18-9-10-18)14-19-13-20(24-29-19)17-7-5-16(2)6-8-17/h5-8,18-19H,3-4,9-15H2,1-2H3. The lowest BCUT2D eigenvalue weighted by molar-refractivity contribution is -0.164. The Morgan fingerprint density at radius 3 is 2.72 bits per heavy atom. The third-order valence-corrected chi connectivity index (χ3v) is 6.26. The Labute approximate surface area is 172 Å². The number of hydrogen-bond donors (Lipinski definition) is 0. The first-order chi connectivity index (χ1) is 14.0. The molecule has 0 N–H and O–H groups in total. The SMILES string of the molecule is CCOC(=O)C1(CC2CC(c3ccc(C)cc3)=NO2)CCCN(C(=O)C2CC2)C1. The predicted molar refractivity (Wildman–Crippen MR) is 109 cm³/mol. The van der Waals surface area contributed by atoms with Crippen LogP contribution < -0.4 is 0 Å². The summed E-state index contributed by atoms with van der Waals surface area (Å²) in [5, 5.41) is 4.30. The minimum absolute atomic E-state index is 0.159. The maximum Gasteiger partial charge on any atom is 0.314 e. The van der Waals surface area contributed by atoms with E-state index >= 15 is 0 Å². The molecule has 0 spiro atoms. The number of benzene rings is 1. The maximum atomic E-state index is 13.0. The van der Waals surface area contributed by atoms with Gasteiger partial charge in [0.25, 0.3) is 0 Å². The smallest absolute Gasteiger partial charge is 0.314 e. The highest BCUT2D eigenvalue weighted by Gasteiger charge is 2.48. The normalized spacial score (nSPS) is 26.6. The van der Waals surface area contributed by atoms with Crippen LogP contribution in [0.15, 0.2) is 29.4 Å².